The molecule has 0 aliphatic carbocycles. The van der Waals surface area contributed by atoms with E-state index in [0.29, 0.717) is 17.9 Å². The number of carbonyl (C=O) groups is 1. The van der Waals surface area contributed by atoms with Gasteiger partial charge in [0.15, 0.2) is 5.13 Å². The number of aromatic nitrogens is 2. The molecule has 2 aromatic rings. The first-order chi connectivity index (χ1) is 9.10. The van der Waals surface area contributed by atoms with Gasteiger partial charge in [-0.05, 0) is 12.1 Å². The second-order valence-corrected chi connectivity index (χ2v) is 4.93. The predicted octanol–water partition coefficient (Wildman–Crippen LogP) is 1.34. The summed E-state index contributed by atoms with van der Waals surface area (Å²) in [5, 5.41) is 14.2. The van der Waals surface area contributed by atoms with Crippen LogP contribution in [0.5, 0.6) is 0 Å². The number of hydrogen-bond acceptors (Lipinski definition) is 5. The minimum absolute atomic E-state index is 0.249. The van der Waals surface area contributed by atoms with E-state index in [4.69, 9.17) is 5.26 Å². The fraction of sp³-hybridized carbons (Fsp3) is 0.250. The first-order valence-corrected chi connectivity index (χ1v) is 6.47. The van der Waals surface area contributed by atoms with Crippen LogP contribution in [-0.2, 0) is 6.54 Å². The number of aromatic amines is 1. The van der Waals surface area contributed by atoms with Crippen molar-refractivity contribution in [2.45, 2.75) is 6.54 Å². The molecule has 1 amide bonds. The summed E-state index contributed by atoms with van der Waals surface area (Å²) in [7, 11) is 3.84. The number of H-pyrrole nitrogens is 1. The summed E-state index contributed by atoms with van der Waals surface area (Å²) < 4.78 is 0. The molecule has 2 N–H and O–H groups in total. The van der Waals surface area contributed by atoms with Gasteiger partial charge in [0.25, 0.3) is 5.91 Å². The van der Waals surface area contributed by atoms with Gasteiger partial charge in [0.05, 0.1) is 12.2 Å². The molecular weight excluding hydrogens is 262 g/mol. The lowest BCUT2D eigenvalue weighted by atomic mass is 10.4. The molecule has 0 aliphatic rings. The molecule has 6 nitrogen and oxygen atoms in total. The normalized spacial score (nSPS) is 9.95. The fourth-order valence-electron chi connectivity index (χ4n) is 1.44. The standard InChI is InChI=1S/C12H13N5OS/c1-17(2)12-16-9(7-19-12)6-14-11(18)10-4-3-8(5-13)15-10/h3-4,7,15H,6H2,1-2H3,(H,14,18). The number of hydrogen-bond donors (Lipinski definition) is 2. The first kappa shape index (κ1) is 13.1. The predicted molar refractivity (Wildman–Crippen MR) is 73.1 cm³/mol. The van der Waals surface area contributed by atoms with Gasteiger partial charge in [0.1, 0.15) is 17.5 Å². The van der Waals surface area contributed by atoms with E-state index in [1.807, 2.05) is 30.4 Å². The number of thiazole rings is 1. The van der Waals surface area contributed by atoms with Gasteiger partial charge >= 0.3 is 0 Å². The average Bonchev–Trinajstić information content (AvgIpc) is 3.04. The Balaban J connectivity index is 1.94. The Labute approximate surface area is 114 Å². The van der Waals surface area contributed by atoms with Crippen LogP contribution in [0.25, 0.3) is 0 Å². The van der Waals surface area contributed by atoms with Gasteiger partial charge in [-0.25, -0.2) is 4.98 Å². The van der Waals surface area contributed by atoms with Gasteiger partial charge < -0.3 is 15.2 Å². The van der Waals surface area contributed by atoms with E-state index in [2.05, 4.69) is 15.3 Å². The lowest BCUT2D eigenvalue weighted by Crippen LogP contribution is -2.23. The maximum absolute atomic E-state index is 11.8. The third kappa shape index (κ3) is 3.11. The Kier molecular flexibility index (Phi) is 3.82. The topological polar surface area (TPSA) is 84.8 Å². The van der Waals surface area contributed by atoms with E-state index < -0.39 is 0 Å². The largest absolute Gasteiger partial charge is 0.354 e. The third-order valence-electron chi connectivity index (χ3n) is 2.40. The zero-order chi connectivity index (χ0) is 13.8. The molecule has 2 aromatic heterocycles. The van der Waals surface area contributed by atoms with Crippen molar-refractivity contribution in [3.05, 3.63) is 34.6 Å². The summed E-state index contributed by atoms with van der Waals surface area (Å²) in [4.78, 5) is 20.8. The SMILES string of the molecule is CN(C)c1nc(CNC(=O)c2ccc(C#N)[nH]2)cs1. The molecule has 0 bridgehead atoms. The number of nitrogens with zero attached hydrogens (tertiary/aromatic N) is 3. The Hall–Kier alpha value is -2.33. The van der Waals surface area contributed by atoms with Crippen molar-refractivity contribution >= 4 is 22.4 Å². The van der Waals surface area contributed by atoms with Crippen LogP contribution in [0.15, 0.2) is 17.5 Å². The number of nitriles is 1. The van der Waals surface area contributed by atoms with Gasteiger partial charge in [-0.1, -0.05) is 0 Å². The second-order valence-electron chi connectivity index (χ2n) is 4.10. The van der Waals surface area contributed by atoms with Crippen molar-refractivity contribution in [3.8, 4) is 6.07 Å². The van der Waals surface area contributed by atoms with Crippen LogP contribution in [-0.4, -0.2) is 30.0 Å². The molecule has 0 radical (unpaired) electrons. The summed E-state index contributed by atoms with van der Waals surface area (Å²) >= 11 is 1.53. The van der Waals surface area contributed by atoms with Gasteiger partial charge in [0.2, 0.25) is 0 Å². The maximum Gasteiger partial charge on any atom is 0.268 e. The van der Waals surface area contributed by atoms with E-state index in [9.17, 15) is 4.79 Å². The van der Waals surface area contributed by atoms with E-state index in [0.717, 1.165) is 10.8 Å². The lowest BCUT2D eigenvalue weighted by molar-refractivity contribution is 0.0946. The van der Waals surface area contributed by atoms with Crippen LogP contribution in [0.3, 0.4) is 0 Å². The second kappa shape index (κ2) is 5.54. The molecule has 98 valence electrons. The van der Waals surface area contributed by atoms with E-state index in [1.165, 1.54) is 11.3 Å². The highest BCUT2D eigenvalue weighted by atomic mass is 32.1. The molecule has 7 heteroatoms. The molecule has 0 fully saturated rings. The highest BCUT2D eigenvalue weighted by molar-refractivity contribution is 7.13. The maximum atomic E-state index is 11.8. The van der Waals surface area contributed by atoms with Crippen molar-refractivity contribution in [2.24, 2.45) is 0 Å². The number of nitrogens with one attached hydrogen (secondary N) is 2. The monoisotopic (exact) mass is 275 g/mol. The van der Waals surface area contributed by atoms with Gasteiger partial charge in [-0.2, -0.15) is 5.26 Å². The van der Waals surface area contributed by atoms with Crippen molar-refractivity contribution in [3.63, 3.8) is 0 Å². The first-order valence-electron chi connectivity index (χ1n) is 5.59. The molecule has 0 spiro atoms. The van der Waals surface area contributed by atoms with E-state index in [-0.39, 0.29) is 5.91 Å². The fourth-order valence-corrected chi connectivity index (χ4v) is 2.20. The molecule has 0 aromatic carbocycles. The Morgan fingerprint density at radius 1 is 1.58 bits per heavy atom. The zero-order valence-electron chi connectivity index (χ0n) is 10.6. The quantitative estimate of drug-likeness (QED) is 0.881. The molecule has 19 heavy (non-hydrogen) atoms. The minimum atomic E-state index is -0.249. The van der Waals surface area contributed by atoms with Gasteiger partial charge in [-0.15, -0.1) is 11.3 Å². The molecular formula is C12H13N5OS. The number of carbonyl (C=O) groups excluding carboxylic acids is 1. The van der Waals surface area contributed by atoms with Crippen LogP contribution in [0.4, 0.5) is 5.13 Å². The molecule has 2 rings (SSSR count). The van der Waals surface area contributed by atoms with Crippen LogP contribution in [0, 0.1) is 11.3 Å². The Morgan fingerprint density at radius 3 is 2.95 bits per heavy atom. The van der Waals surface area contributed by atoms with Gasteiger partial charge in [0, 0.05) is 19.5 Å². The summed E-state index contributed by atoms with van der Waals surface area (Å²) in [6.07, 6.45) is 0. The summed E-state index contributed by atoms with van der Waals surface area (Å²) in [5.74, 6) is -0.249. The van der Waals surface area contributed by atoms with E-state index in [1.54, 1.807) is 12.1 Å². The number of amides is 1. The van der Waals surface area contributed by atoms with E-state index >= 15 is 0 Å². The van der Waals surface area contributed by atoms with Crippen molar-refractivity contribution in [1.82, 2.24) is 15.3 Å². The molecule has 0 saturated carbocycles. The minimum Gasteiger partial charge on any atom is -0.354 e. The average molecular weight is 275 g/mol. The summed E-state index contributed by atoms with van der Waals surface area (Å²) in [6, 6.07) is 5.09. The zero-order valence-corrected chi connectivity index (χ0v) is 11.4. The summed E-state index contributed by atoms with van der Waals surface area (Å²) in [5.41, 5.74) is 1.56. The summed E-state index contributed by atoms with van der Waals surface area (Å²) in [6.45, 7) is 0.365. The number of rotatable bonds is 4. The van der Waals surface area contributed by atoms with Crippen molar-refractivity contribution in [1.29, 1.82) is 5.26 Å². The van der Waals surface area contributed by atoms with Crippen LogP contribution in [0.1, 0.15) is 21.9 Å². The lowest BCUT2D eigenvalue weighted by Gasteiger charge is -2.05. The highest BCUT2D eigenvalue weighted by Crippen LogP contribution is 2.17. The van der Waals surface area contributed by atoms with Crippen molar-refractivity contribution < 1.29 is 4.79 Å². The highest BCUT2D eigenvalue weighted by Gasteiger charge is 2.09. The molecule has 0 saturated heterocycles. The van der Waals surface area contributed by atoms with Crippen LogP contribution < -0.4 is 10.2 Å². The van der Waals surface area contributed by atoms with Gasteiger partial charge in [-0.3, -0.25) is 4.79 Å². The van der Waals surface area contributed by atoms with Crippen LogP contribution in [0.2, 0.25) is 0 Å². The van der Waals surface area contributed by atoms with Crippen LogP contribution >= 0.6 is 11.3 Å². The third-order valence-corrected chi connectivity index (χ3v) is 3.46. The Bertz CT molecular complexity index is 622. The number of anilines is 1. The molecule has 0 aliphatic heterocycles. The molecule has 2 heterocycles. The molecule has 0 unspecified atom stereocenters. The molecule has 0 atom stereocenters. The Morgan fingerprint density at radius 2 is 2.37 bits per heavy atom. The smallest absolute Gasteiger partial charge is 0.268 e. The van der Waals surface area contributed by atoms with Crippen molar-refractivity contribution in [2.75, 3.05) is 19.0 Å².